The molecule has 120 valence electrons. The first-order valence-corrected chi connectivity index (χ1v) is 7.50. The van der Waals surface area contributed by atoms with Crippen molar-refractivity contribution in [3.63, 3.8) is 0 Å². The molecule has 0 saturated heterocycles. The number of amides is 1. The highest BCUT2D eigenvalue weighted by Crippen LogP contribution is 2.48. The molecular formula is C18H17F2NO2. The number of benzene rings is 2. The Kier molecular flexibility index (Phi) is 4.39. The van der Waals surface area contributed by atoms with E-state index in [1.54, 1.807) is 6.07 Å². The van der Waals surface area contributed by atoms with Crippen molar-refractivity contribution in [2.24, 2.45) is 5.92 Å². The zero-order valence-electron chi connectivity index (χ0n) is 12.4. The minimum absolute atomic E-state index is 0.0503. The van der Waals surface area contributed by atoms with Crippen molar-refractivity contribution in [3.05, 3.63) is 70.8 Å². The van der Waals surface area contributed by atoms with Crippen molar-refractivity contribution < 1.29 is 18.7 Å². The van der Waals surface area contributed by atoms with Gasteiger partial charge in [-0.1, -0.05) is 36.4 Å². The van der Waals surface area contributed by atoms with Gasteiger partial charge in [-0.3, -0.25) is 4.79 Å². The molecule has 0 radical (unpaired) electrons. The van der Waals surface area contributed by atoms with Crippen LogP contribution in [0.4, 0.5) is 8.78 Å². The van der Waals surface area contributed by atoms with E-state index in [4.69, 9.17) is 5.11 Å². The normalized spacial score (nSPS) is 19.4. The van der Waals surface area contributed by atoms with E-state index in [9.17, 15) is 13.6 Å². The zero-order valence-corrected chi connectivity index (χ0v) is 12.4. The summed E-state index contributed by atoms with van der Waals surface area (Å²) in [5, 5.41) is 11.9. The molecule has 2 aromatic rings. The predicted octanol–water partition coefficient (Wildman–Crippen LogP) is 2.88. The largest absolute Gasteiger partial charge is 0.392 e. The smallest absolute Gasteiger partial charge is 0.224 e. The van der Waals surface area contributed by atoms with Gasteiger partial charge < -0.3 is 10.4 Å². The lowest BCUT2D eigenvalue weighted by Gasteiger charge is -2.07. The number of halogens is 2. The van der Waals surface area contributed by atoms with Crippen LogP contribution in [0.3, 0.4) is 0 Å². The van der Waals surface area contributed by atoms with Gasteiger partial charge in [0.25, 0.3) is 0 Å². The van der Waals surface area contributed by atoms with Gasteiger partial charge in [0.15, 0.2) is 11.6 Å². The molecule has 1 fully saturated rings. The Labute approximate surface area is 133 Å². The predicted molar refractivity (Wildman–Crippen MR) is 81.4 cm³/mol. The highest BCUT2D eigenvalue weighted by molar-refractivity contribution is 5.82. The van der Waals surface area contributed by atoms with Crippen LogP contribution < -0.4 is 5.32 Å². The van der Waals surface area contributed by atoms with Crippen LogP contribution in [0.15, 0.2) is 42.5 Å². The van der Waals surface area contributed by atoms with Gasteiger partial charge in [-0.2, -0.15) is 0 Å². The molecule has 23 heavy (non-hydrogen) atoms. The molecule has 2 atom stereocenters. The molecule has 0 heterocycles. The molecule has 0 unspecified atom stereocenters. The molecule has 1 amide bonds. The highest BCUT2D eigenvalue weighted by atomic mass is 19.2. The molecule has 1 saturated carbocycles. The Balaban J connectivity index is 1.59. The average molecular weight is 317 g/mol. The molecular weight excluding hydrogens is 300 g/mol. The van der Waals surface area contributed by atoms with Crippen molar-refractivity contribution in [3.8, 4) is 0 Å². The third-order valence-corrected chi connectivity index (χ3v) is 4.15. The van der Waals surface area contributed by atoms with E-state index in [2.05, 4.69) is 5.32 Å². The molecule has 2 N–H and O–H groups in total. The van der Waals surface area contributed by atoms with Gasteiger partial charge in [-0.15, -0.1) is 0 Å². The lowest BCUT2D eigenvalue weighted by atomic mass is 10.1. The number of aliphatic hydroxyl groups excluding tert-OH is 1. The summed E-state index contributed by atoms with van der Waals surface area (Å²) in [7, 11) is 0. The first kappa shape index (κ1) is 15.6. The average Bonchev–Trinajstić information content (AvgIpc) is 3.36. The molecule has 1 aliphatic carbocycles. The third kappa shape index (κ3) is 3.40. The maximum absolute atomic E-state index is 13.7. The van der Waals surface area contributed by atoms with E-state index in [-0.39, 0.29) is 29.9 Å². The van der Waals surface area contributed by atoms with Crippen molar-refractivity contribution in [1.82, 2.24) is 5.32 Å². The fourth-order valence-corrected chi connectivity index (χ4v) is 2.79. The second kappa shape index (κ2) is 6.46. The lowest BCUT2D eigenvalue weighted by Crippen LogP contribution is -2.25. The van der Waals surface area contributed by atoms with Gasteiger partial charge in [-0.25, -0.2) is 8.78 Å². The van der Waals surface area contributed by atoms with Crippen molar-refractivity contribution in [2.75, 3.05) is 0 Å². The fourth-order valence-electron chi connectivity index (χ4n) is 2.79. The number of rotatable bonds is 5. The minimum atomic E-state index is -0.880. The second-order valence-corrected chi connectivity index (χ2v) is 5.79. The Morgan fingerprint density at radius 2 is 1.91 bits per heavy atom. The van der Waals surface area contributed by atoms with E-state index >= 15 is 0 Å². The summed E-state index contributed by atoms with van der Waals surface area (Å²) >= 11 is 0. The van der Waals surface area contributed by atoms with E-state index < -0.39 is 11.6 Å². The Morgan fingerprint density at radius 1 is 1.17 bits per heavy atom. The first-order valence-electron chi connectivity index (χ1n) is 7.50. The maximum Gasteiger partial charge on any atom is 0.224 e. The van der Waals surface area contributed by atoms with Gasteiger partial charge in [0.1, 0.15) is 0 Å². The van der Waals surface area contributed by atoms with E-state index in [1.165, 1.54) is 12.1 Å². The van der Waals surface area contributed by atoms with Gasteiger partial charge in [0.2, 0.25) is 5.91 Å². The number of hydrogen-bond donors (Lipinski definition) is 2. The van der Waals surface area contributed by atoms with Crippen LogP contribution in [0.2, 0.25) is 0 Å². The van der Waals surface area contributed by atoms with E-state index in [1.807, 2.05) is 18.2 Å². The molecule has 0 aromatic heterocycles. The minimum Gasteiger partial charge on any atom is -0.392 e. The van der Waals surface area contributed by atoms with Crippen LogP contribution in [-0.4, -0.2) is 11.0 Å². The van der Waals surface area contributed by atoms with Crippen molar-refractivity contribution in [1.29, 1.82) is 0 Å². The Hall–Kier alpha value is -2.27. The summed E-state index contributed by atoms with van der Waals surface area (Å²) < 4.78 is 27.0. The van der Waals surface area contributed by atoms with Gasteiger partial charge in [0, 0.05) is 12.5 Å². The van der Waals surface area contributed by atoms with Gasteiger partial charge in [-0.05, 0) is 35.1 Å². The summed E-state index contributed by atoms with van der Waals surface area (Å²) in [4.78, 5) is 12.1. The quantitative estimate of drug-likeness (QED) is 0.891. The van der Waals surface area contributed by atoms with Crippen LogP contribution in [-0.2, 0) is 17.9 Å². The van der Waals surface area contributed by atoms with E-state index in [0.717, 1.165) is 17.2 Å². The Morgan fingerprint density at radius 3 is 2.70 bits per heavy atom. The third-order valence-electron chi connectivity index (χ3n) is 4.15. The van der Waals surface area contributed by atoms with Crippen LogP contribution >= 0.6 is 0 Å². The maximum atomic E-state index is 13.7. The lowest BCUT2D eigenvalue weighted by molar-refractivity contribution is -0.122. The number of nitrogens with one attached hydrogen (secondary N) is 1. The molecule has 1 aliphatic rings. The molecule has 2 aromatic carbocycles. The number of carbonyl (C=O) groups is 1. The summed E-state index contributed by atoms with van der Waals surface area (Å²) in [5.74, 6) is -2.47. The van der Waals surface area contributed by atoms with Crippen LogP contribution in [0.5, 0.6) is 0 Å². The molecule has 0 bridgehead atoms. The number of aliphatic hydroxyl groups is 1. The van der Waals surface area contributed by atoms with E-state index in [0.29, 0.717) is 13.0 Å². The molecule has 3 rings (SSSR count). The summed E-state index contributed by atoms with van der Waals surface area (Å²) in [5.41, 5.74) is 1.94. The summed E-state index contributed by atoms with van der Waals surface area (Å²) in [6, 6.07) is 11.4. The van der Waals surface area contributed by atoms with Crippen LogP contribution in [0.1, 0.15) is 29.0 Å². The van der Waals surface area contributed by atoms with Crippen LogP contribution in [0, 0.1) is 17.6 Å². The van der Waals surface area contributed by atoms with Crippen molar-refractivity contribution >= 4 is 5.91 Å². The topological polar surface area (TPSA) is 49.3 Å². The molecule has 0 aliphatic heterocycles. The fraction of sp³-hybridized carbons (Fsp3) is 0.278. The summed E-state index contributed by atoms with van der Waals surface area (Å²) in [6.45, 7) is 0.298. The zero-order chi connectivity index (χ0) is 16.4. The number of carbonyl (C=O) groups excluding carboxylic acids is 1. The molecule has 5 heteroatoms. The van der Waals surface area contributed by atoms with Gasteiger partial charge >= 0.3 is 0 Å². The summed E-state index contributed by atoms with van der Waals surface area (Å²) in [6.07, 6.45) is 0.531. The SMILES string of the molecule is O=C(NCc1cccc(CO)c1)[C@@H]1C[C@H]1c1cccc(F)c1F. The van der Waals surface area contributed by atoms with Gasteiger partial charge in [0.05, 0.1) is 6.61 Å². The van der Waals surface area contributed by atoms with Crippen LogP contribution in [0.25, 0.3) is 0 Å². The second-order valence-electron chi connectivity index (χ2n) is 5.79. The first-order chi connectivity index (χ1) is 11.1. The highest BCUT2D eigenvalue weighted by Gasteiger charge is 2.45. The molecule has 0 spiro atoms. The Bertz CT molecular complexity index is 733. The number of hydrogen-bond acceptors (Lipinski definition) is 2. The van der Waals surface area contributed by atoms with Crippen molar-refractivity contribution in [2.45, 2.75) is 25.5 Å². The standard InChI is InChI=1S/C18H17F2NO2/c19-16-6-2-5-13(17(16)20)14-8-15(14)18(23)21-9-11-3-1-4-12(7-11)10-22/h1-7,14-15,22H,8-10H2,(H,21,23)/t14-,15+/m0/s1. The molecule has 3 nitrogen and oxygen atoms in total. The monoisotopic (exact) mass is 317 g/mol.